The van der Waals surface area contributed by atoms with Gasteiger partial charge in [0.25, 0.3) is 0 Å². The quantitative estimate of drug-likeness (QED) is 0.306. The summed E-state index contributed by atoms with van der Waals surface area (Å²) in [5, 5.41) is 8.72. The number of carboxylic acid groups (broad SMARTS) is 1. The molecule has 0 aliphatic carbocycles. The van der Waals surface area contributed by atoms with Crippen molar-refractivity contribution in [3.63, 3.8) is 0 Å². The predicted molar refractivity (Wildman–Crippen MR) is 90.5 cm³/mol. The number of rotatable bonds is 13. The summed E-state index contributed by atoms with van der Waals surface area (Å²) in [4.78, 5) is 10.6. The maximum absolute atomic E-state index is 10.6. The van der Waals surface area contributed by atoms with Gasteiger partial charge in [-0.3, -0.25) is 0 Å². The fraction of sp³-hybridized carbons (Fsp3) is 0.833. The second-order valence-corrected chi connectivity index (χ2v) is 7.18. The molecule has 0 aliphatic rings. The number of allylic oxidation sites excluding steroid dienone is 1. The topological polar surface area (TPSA) is 37.3 Å². The lowest BCUT2D eigenvalue weighted by Gasteiger charge is -2.23. The van der Waals surface area contributed by atoms with E-state index in [-0.39, 0.29) is 0 Å². The van der Waals surface area contributed by atoms with Crippen molar-refractivity contribution in [2.75, 3.05) is 27.7 Å². The smallest absolute Gasteiger partial charge is 0.330 e. The zero-order valence-electron chi connectivity index (χ0n) is 14.7. The maximum atomic E-state index is 10.6. The van der Waals surface area contributed by atoms with Crippen LogP contribution in [-0.4, -0.2) is 43.2 Å². The summed E-state index contributed by atoms with van der Waals surface area (Å²) >= 11 is 0. The molecule has 0 spiro atoms. The van der Waals surface area contributed by atoms with Crippen molar-refractivity contribution in [2.24, 2.45) is 0 Å². The molecule has 124 valence electrons. The highest BCUT2D eigenvalue weighted by Crippen LogP contribution is 2.12. The molecule has 0 aromatic carbocycles. The number of quaternary nitrogens is 1. The summed E-state index contributed by atoms with van der Waals surface area (Å²) in [6, 6.07) is 0. The van der Waals surface area contributed by atoms with Crippen molar-refractivity contribution >= 4 is 5.97 Å². The Morgan fingerprint density at radius 3 is 1.71 bits per heavy atom. The lowest BCUT2D eigenvalue weighted by Crippen LogP contribution is -2.35. The third-order valence-electron chi connectivity index (χ3n) is 3.82. The molecule has 0 aromatic rings. The highest BCUT2D eigenvalue weighted by Gasteiger charge is 2.04. The van der Waals surface area contributed by atoms with E-state index in [9.17, 15) is 4.79 Å². The third kappa shape index (κ3) is 15.4. The van der Waals surface area contributed by atoms with Crippen LogP contribution in [0.5, 0.6) is 0 Å². The molecule has 0 atom stereocenters. The molecule has 0 rings (SSSR count). The Labute approximate surface area is 131 Å². The molecule has 3 heteroatoms. The highest BCUT2D eigenvalue weighted by molar-refractivity contribution is 5.85. The number of carboxylic acids is 1. The lowest BCUT2D eigenvalue weighted by molar-refractivity contribution is -0.870. The average molecular weight is 298 g/mol. The minimum atomic E-state index is -0.791. The van der Waals surface area contributed by atoms with Gasteiger partial charge in [0, 0.05) is 5.57 Å². The molecule has 3 nitrogen and oxygen atoms in total. The molecule has 0 amide bonds. The maximum Gasteiger partial charge on any atom is 0.330 e. The van der Waals surface area contributed by atoms with Gasteiger partial charge in [-0.15, -0.1) is 0 Å². The van der Waals surface area contributed by atoms with Crippen LogP contribution in [-0.2, 0) is 4.79 Å². The molecular formula is C18H36NO2+. The number of unbranched alkanes of at least 4 members (excludes halogenated alkanes) is 9. The van der Waals surface area contributed by atoms with E-state index in [1.165, 1.54) is 57.9 Å². The summed E-state index contributed by atoms with van der Waals surface area (Å²) in [5.41, 5.74) is 0.476. The fourth-order valence-electron chi connectivity index (χ4n) is 2.37. The SMILES string of the molecule is C/C(=C\CCCCCCCCCCC[N+](C)(C)C)C(=O)O. The van der Waals surface area contributed by atoms with Gasteiger partial charge < -0.3 is 9.59 Å². The number of nitrogens with zero attached hydrogens (tertiary/aromatic N) is 1. The summed E-state index contributed by atoms with van der Waals surface area (Å²) < 4.78 is 1.08. The highest BCUT2D eigenvalue weighted by atomic mass is 16.4. The van der Waals surface area contributed by atoms with E-state index in [0.29, 0.717) is 5.57 Å². The van der Waals surface area contributed by atoms with Crippen LogP contribution in [0, 0.1) is 0 Å². The van der Waals surface area contributed by atoms with Crippen molar-refractivity contribution in [3.8, 4) is 0 Å². The van der Waals surface area contributed by atoms with Gasteiger partial charge in [-0.25, -0.2) is 4.79 Å². The van der Waals surface area contributed by atoms with Gasteiger partial charge >= 0.3 is 5.97 Å². The van der Waals surface area contributed by atoms with E-state index in [1.54, 1.807) is 6.92 Å². The van der Waals surface area contributed by atoms with Gasteiger partial charge in [0.15, 0.2) is 0 Å². The van der Waals surface area contributed by atoms with Gasteiger partial charge in [0.2, 0.25) is 0 Å². The molecule has 0 radical (unpaired) electrons. The third-order valence-corrected chi connectivity index (χ3v) is 3.82. The van der Waals surface area contributed by atoms with E-state index < -0.39 is 5.97 Å². The molecule has 1 N–H and O–H groups in total. The molecule has 0 fully saturated rings. The zero-order chi connectivity index (χ0) is 16.1. The van der Waals surface area contributed by atoms with Gasteiger partial charge in [-0.1, -0.05) is 44.6 Å². The van der Waals surface area contributed by atoms with Crippen molar-refractivity contribution in [1.82, 2.24) is 0 Å². The average Bonchev–Trinajstić information content (AvgIpc) is 2.38. The Balaban J connectivity index is 3.23. The van der Waals surface area contributed by atoms with E-state index in [0.717, 1.165) is 17.3 Å². The van der Waals surface area contributed by atoms with Crippen LogP contribution in [0.25, 0.3) is 0 Å². The number of hydrogen-bond acceptors (Lipinski definition) is 1. The first kappa shape index (κ1) is 20.2. The molecule has 0 saturated carbocycles. The van der Waals surface area contributed by atoms with E-state index in [4.69, 9.17) is 5.11 Å². The monoisotopic (exact) mass is 298 g/mol. The molecule has 0 unspecified atom stereocenters. The van der Waals surface area contributed by atoms with Crippen LogP contribution in [0.3, 0.4) is 0 Å². The summed E-state index contributed by atoms with van der Waals surface area (Å²) in [5.74, 6) is -0.791. The van der Waals surface area contributed by atoms with Crippen LogP contribution >= 0.6 is 0 Å². The number of aliphatic carboxylic acids is 1. The first-order chi connectivity index (χ1) is 9.83. The van der Waals surface area contributed by atoms with Crippen LogP contribution in [0.2, 0.25) is 0 Å². The first-order valence-corrected chi connectivity index (χ1v) is 8.53. The van der Waals surface area contributed by atoms with E-state index in [2.05, 4.69) is 21.1 Å². The standard InChI is InChI=1S/C18H35NO2/c1-17(18(20)21)15-13-11-9-7-5-6-8-10-12-14-16-19(2,3)4/h15H,5-14,16H2,1-4H3/p+1/b17-15+. The summed E-state index contributed by atoms with van der Waals surface area (Å²) in [6.07, 6.45) is 14.5. The van der Waals surface area contributed by atoms with Gasteiger partial charge in [-0.05, 0) is 32.6 Å². The minimum absolute atomic E-state index is 0.476. The molecular weight excluding hydrogens is 262 g/mol. The van der Waals surface area contributed by atoms with Gasteiger partial charge in [0.05, 0.1) is 27.7 Å². The molecule has 0 bridgehead atoms. The van der Waals surface area contributed by atoms with Crippen molar-refractivity contribution < 1.29 is 14.4 Å². The Morgan fingerprint density at radius 2 is 1.29 bits per heavy atom. The molecule has 0 heterocycles. The largest absolute Gasteiger partial charge is 0.478 e. The predicted octanol–water partition coefficient (Wildman–Crippen LogP) is 4.62. The summed E-state index contributed by atoms with van der Waals surface area (Å²) in [6.45, 7) is 2.95. The first-order valence-electron chi connectivity index (χ1n) is 8.53. The zero-order valence-corrected chi connectivity index (χ0v) is 14.7. The molecule has 0 saturated heterocycles. The Kier molecular flexibility index (Phi) is 11.3. The van der Waals surface area contributed by atoms with E-state index in [1.807, 2.05) is 6.08 Å². The van der Waals surface area contributed by atoms with Gasteiger partial charge in [-0.2, -0.15) is 0 Å². The van der Waals surface area contributed by atoms with Crippen LogP contribution in [0.4, 0.5) is 0 Å². The molecule has 0 aromatic heterocycles. The molecule has 0 aliphatic heterocycles. The number of hydrogen-bond donors (Lipinski definition) is 1. The van der Waals surface area contributed by atoms with Crippen LogP contribution in [0.15, 0.2) is 11.6 Å². The molecule has 21 heavy (non-hydrogen) atoms. The Hall–Kier alpha value is -0.830. The van der Waals surface area contributed by atoms with Crippen molar-refractivity contribution in [2.45, 2.75) is 71.1 Å². The normalized spacial score (nSPS) is 12.7. The van der Waals surface area contributed by atoms with Crippen molar-refractivity contribution in [1.29, 1.82) is 0 Å². The van der Waals surface area contributed by atoms with Crippen LogP contribution < -0.4 is 0 Å². The second kappa shape index (κ2) is 11.8. The Morgan fingerprint density at radius 1 is 0.857 bits per heavy atom. The van der Waals surface area contributed by atoms with Crippen molar-refractivity contribution in [3.05, 3.63) is 11.6 Å². The Bertz CT molecular complexity index is 303. The fourth-order valence-corrected chi connectivity index (χ4v) is 2.37. The van der Waals surface area contributed by atoms with E-state index >= 15 is 0 Å². The minimum Gasteiger partial charge on any atom is -0.478 e. The second-order valence-electron chi connectivity index (χ2n) is 7.18. The number of carbonyl (C=O) groups is 1. The lowest BCUT2D eigenvalue weighted by atomic mass is 10.1. The van der Waals surface area contributed by atoms with Crippen LogP contribution in [0.1, 0.15) is 71.1 Å². The van der Waals surface area contributed by atoms with Gasteiger partial charge in [0.1, 0.15) is 0 Å². The summed E-state index contributed by atoms with van der Waals surface area (Å²) in [7, 11) is 6.77.